The van der Waals surface area contributed by atoms with Crippen LogP contribution in [0, 0.1) is 62.1 Å². The van der Waals surface area contributed by atoms with Gasteiger partial charge in [-0.15, -0.1) is 0 Å². The number of rotatable bonds is 2. The van der Waals surface area contributed by atoms with Gasteiger partial charge >= 0.3 is 0 Å². The van der Waals surface area contributed by atoms with Crippen molar-refractivity contribution in [1.82, 2.24) is 0 Å². The molecule has 0 amide bonds. The molecule has 8 atom stereocenters. The van der Waals surface area contributed by atoms with Gasteiger partial charge in [0.2, 0.25) is 0 Å². The number of Topliss-reactive ketones (excluding diaryl/α,β-unsaturated/α-hetero) is 1. The number of fused-ring (bicyclic) bond motifs is 7. The molecule has 0 aromatic heterocycles. The summed E-state index contributed by atoms with van der Waals surface area (Å²) in [7, 11) is 0. The van der Waals surface area contributed by atoms with Crippen molar-refractivity contribution >= 4 is 11.6 Å². The van der Waals surface area contributed by atoms with Gasteiger partial charge in [-0.1, -0.05) is 66.2 Å². The lowest BCUT2D eigenvalue weighted by molar-refractivity contribution is -0.167. The number of hydrogen-bond donors (Lipinski definition) is 1. The number of ketones is 2. The second kappa shape index (κ2) is 7.68. The lowest BCUT2D eigenvalue weighted by Crippen LogP contribution is -2.64. The van der Waals surface area contributed by atoms with Gasteiger partial charge in [0, 0.05) is 23.2 Å². The van der Waals surface area contributed by atoms with Gasteiger partial charge in [0.15, 0.2) is 11.6 Å². The predicted molar refractivity (Wildman–Crippen MR) is 141 cm³/mol. The Bertz CT molecular complexity index is 1150. The van der Waals surface area contributed by atoms with Crippen molar-refractivity contribution in [2.45, 2.75) is 92.9 Å². The molecule has 0 heterocycles. The minimum absolute atomic E-state index is 0.0475. The van der Waals surface area contributed by atoms with Crippen LogP contribution in [-0.4, -0.2) is 16.7 Å². The summed E-state index contributed by atoms with van der Waals surface area (Å²) in [4.78, 5) is 27.5. The van der Waals surface area contributed by atoms with Crippen LogP contribution in [0.4, 0.5) is 0 Å². The average Bonchev–Trinajstić information content (AvgIpc) is 2.78. The molecule has 4 heteroatoms. The van der Waals surface area contributed by atoms with Crippen molar-refractivity contribution < 1.29 is 14.7 Å². The van der Waals surface area contributed by atoms with Gasteiger partial charge in [0.25, 0.3) is 0 Å². The summed E-state index contributed by atoms with van der Waals surface area (Å²) >= 11 is 0. The van der Waals surface area contributed by atoms with Gasteiger partial charge in [0.1, 0.15) is 6.07 Å². The summed E-state index contributed by atoms with van der Waals surface area (Å²) in [5.74, 6) is 1.22. The summed E-state index contributed by atoms with van der Waals surface area (Å²) in [6.45, 7) is 17.0. The van der Waals surface area contributed by atoms with Crippen LogP contribution in [0.1, 0.15) is 92.9 Å². The third-order valence-corrected chi connectivity index (χ3v) is 12.3. The van der Waals surface area contributed by atoms with E-state index in [1.807, 2.05) is 26.0 Å². The van der Waals surface area contributed by atoms with Crippen LogP contribution >= 0.6 is 0 Å². The minimum atomic E-state index is -0.639. The molecule has 3 saturated carbocycles. The quantitative estimate of drug-likeness (QED) is 0.413. The molecule has 0 aromatic rings. The van der Waals surface area contributed by atoms with Gasteiger partial charge in [0.05, 0.1) is 11.3 Å². The Kier molecular flexibility index (Phi) is 5.44. The average molecular weight is 490 g/mol. The van der Waals surface area contributed by atoms with Crippen molar-refractivity contribution in [3.05, 3.63) is 35.6 Å². The molecule has 5 rings (SSSR count). The normalized spacial score (nSPS) is 47.2. The minimum Gasteiger partial charge on any atom is -0.513 e. The van der Waals surface area contributed by atoms with Crippen LogP contribution in [0.5, 0.6) is 0 Å². The van der Waals surface area contributed by atoms with E-state index in [1.54, 1.807) is 0 Å². The molecular weight excluding hydrogens is 446 g/mol. The number of nitrogens with zero attached hydrogens (tertiary/aromatic N) is 1. The summed E-state index contributed by atoms with van der Waals surface area (Å²) < 4.78 is 0. The number of carbonyl (C=O) groups is 2. The molecule has 0 saturated heterocycles. The fourth-order valence-corrected chi connectivity index (χ4v) is 10.3. The van der Waals surface area contributed by atoms with Crippen molar-refractivity contribution in [3.63, 3.8) is 0 Å². The van der Waals surface area contributed by atoms with Crippen LogP contribution in [0.25, 0.3) is 0 Å². The first-order valence-corrected chi connectivity index (χ1v) is 14.0. The zero-order valence-corrected chi connectivity index (χ0v) is 23.0. The van der Waals surface area contributed by atoms with E-state index in [9.17, 15) is 20.0 Å². The highest BCUT2D eigenvalue weighted by atomic mass is 16.3. The van der Waals surface area contributed by atoms with E-state index in [0.29, 0.717) is 12.3 Å². The Morgan fingerprint density at radius 3 is 2.44 bits per heavy atom. The van der Waals surface area contributed by atoms with Gasteiger partial charge < -0.3 is 5.11 Å². The Labute approximate surface area is 216 Å². The topological polar surface area (TPSA) is 78.2 Å². The van der Waals surface area contributed by atoms with Crippen LogP contribution in [-0.2, 0) is 9.59 Å². The van der Waals surface area contributed by atoms with E-state index in [2.05, 4.69) is 40.3 Å². The van der Waals surface area contributed by atoms with E-state index < -0.39 is 10.8 Å². The highest BCUT2D eigenvalue weighted by Gasteiger charge is 2.69. The van der Waals surface area contributed by atoms with Crippen LogP contribution < -0.4 is 0 Å². The van der Waals surface area contributed by atoms with Gasteiger partial charge in [-0.2, -0.15) is 5.26 Å². The molecule has 5 aliphatic carbocycles. The van der Waals surface area contributed by atoms with Crippen molar-refractivity contribution in [2.75, 3.05) is 0 Å². The third-order valence-electron chi connectivity index (χ3n) is 12.3. The largest absolute Gasteiger partial charge is 0.513 e. The monoisotopic (exact) mass is 489 g/mol. The Morgan fingerprint density at radius 2 is 1.81 bits per heavy atom. The second-order valence-electron chi connectivity index (χ2n) is 14.4. The molecule has 4 nitrogen and oxygen atoms in total. The van der Waals surface area contributed by atoms with Crippen LogP contribution in [0.3, 0.4) is 0 Å². The standard InChI is InChI=1S/C32H43NO3/c1-19-8-11-32(16-20(2)34)13-12-31(7)26(22(32)14-19)23(35)15-25-29(5)17-21(18-33)27(36)28(3,4)24(29)9-10-30(25,31)6/h15,17,19,22,24,26,34H,2,8-14,16H2,1,3-7H3/t19-,22?,24?,26?,29-,30+,31+,32+/m0/s1. The first-order chi connectivity index (χ1) is 16.7. The second-order valence-corrected chi connectivity index (χ2v) is 14.4. The maximum atomic E-state index is 14.3. The molecule has 36 heavy (non-hydrogen) atoms. The van der Waals surface area contributed by atoms with Crippen molar-refractivity contribution in [1.29, 1.82) is 5.26 Å². The van der Waals surface area contributed by atoms with E-state index in [4.69, 9.17) is 0 Å². The Balaban J connectivity index is 1.68. The zero-order chi connectivity index (χ0) is 26.5. The highest BCUT2D eigenvalue weighted by molar-refractivity contribution is 6.04. The SMILES string of the molecule is C=C(O)C[C@]12CC[C@H](C)CC1C1C(=O)C=C3[C@@]4(C)C=C(C#N)C(=O)C(C)(C)C4CC[C@@]3(C)[C@]1(C)CC2. The molecule has 0 spiro atoms. The summed E-state index contributed by atoms with van der Waals surface area (Å²) in [6, 6.07) is 2.19. The number of hydrogen-bond acceptors (Lipinski definition) is 4. The molecule has 1 N–H and O–H groups in total. The van der Waals surface area contributed by atoms with Crippen LogP contribution in [0.15, 0.2) is 35.6 Å². The Morgan fingerprint density at radius 1 is 1.11 bits per heavy atom. The maximum Gasteiger partial charge on any atom is 0.178 e. The molecule has 3 fully saturated rings. The lowest BCUT2D eigenvalue weighted by Gasteiger charge is -2.69. The van der Waals surface area contributed by atoms with E-state index in [-0.39, 0.29) is 56.9 Å². The third kappa shape index (κ3) is 3.04. The summed E-state index contributed by atoms with van der Waals surface area (Å²) in [5, 5.41) is 20.1. The summed E-state index contributed by atoms with van der Waals surface area (Å²) in [5.41, 5.74) is -0.176. The first kappa shape index (κ1) is 25.5. The summed E-state index contributed by atoms with van der Waals surface area (Å²) in [6.07, 6.45) is 11.5. The molecular formula is C32H43NO3. The fraction of sp³-hybridized carbons (Fsp3) is 0.719. The van der Waals surface area contributed by atoms with Gasteiger partial charge in [-0.25, -0.2) is 0 Å². The molecule has 0 aliphatic heterocycles. The number of nitriles is 1. The lowest BCUT2D eigenvalue weighted by atomic mass is 9.34. The highest BCUT2D eigenvalue weighted by Crippen LogP contribution is 2.74. The predicted octanol–water partition coefficient (Wildman–Crippen LogP) is 7.28. The van der Waals surface area contributed by atoms with Crippen LogP contribution in [0.2, 0.25) is 0 Å². The smallest absolute Gasteiger partial charge is 0.178 e. The van der Waals surface area contributed by atoms with Crippen molar-refractivity contribution in [3.8, 4) is 6.07 Å². The molecule has 0 bridgehead atoms. The first-order valence-electron chi connectivity index (χ1n) is 14.0. The number of aliphatic hydroxyl groups excluding tert-OH is 1. The van der Waals surface area contributed by atoms with Gasteiger partial charge in [-0.05, 0) is 78.6 Å². The van der Waals surface area contributed by atoms with Gasteiger partial charge in [-0.3, -0.25) is 9.59 Å². The van der Waals surface area contributed by atoms with Crippen molar-refractivity contribution in [2.24, 2.45) is 50.7 Å². The van der Waals surface area contributed by atoms with E-state index in [1.165, 1.54) is 0 Å². The molecule has 194 valence electrons. The maximum absolute atomic E-state index is 14.3. The fourth-order valence-electron chi connectivity index (χ4n) is 10.3. The number of aliphatic hydroxyl groups is 1. The zero-order valence-electron chi connectivity index (χ0n) is 23.0. The molecule has 0 aromatic carbocycles. The molecule has 3 unspecified atom stereocenters. The number of allylic oxidation sites excluding steroid dienone is 5. The van der Waals surface area contributed by atoms with E-state index in [0.717, 1.165) is 50.5 Å². The molecule has 0 radical (unpaired) electrons. The Hall–Kier alpha value is -2.15. The van der Waals surface area contributed by atoms with E-state index >= 15 is 0 Å². The number of carbonyl (C=O) groups excluding carboxylic acids is 2. The molecule has 5 aliphatic rings.